The van der Waals surface area contributed by atoms with E-state index in [9.17, 15) is 9.46 Å². The van der Waals surface area contributed by atoms with Crippen molar-refractivity contribution >= 4 is 8.03 Å². The number of hydrogen-bond donors (Lipinski definition) is 1. The Hall–Kier alpha value is -1.02. The molecule has 0 heterocycles. The molecule has 1 aromatic rings. The summed E-state index contributed by atoms with van der Waals surface area (Å²) in [5, 5.41) is 2.87. The maximum atomic E-state index is 10.9. The molecule has 14 heavy (non-hydrogen) atoms. The van der Waals surface area contributed by atoms with Gasteiger partial charge in [-0.2, -0.15) is 0 Å². The Bertz CT molecular complexity index is 313. The van der Waals surface area contributed by atoms with E-state index in [1.807, 2.05) is 18.2 Å². The molecule has 0 aliphatic rings. The molecule has 0 spiro atoms. The summed E-state index contributed by atoms with van der Waals surface area (Å²) in [5.74, 6) is -0.621. The van der Waals surface area contributed by atoms with Crippen LogP contribution in [0.5, 0.6) is 0 Å². The first-order chi connectivity index (χ1) is 6.75. The highest BCUT2D eigenvalue weighted by atomic mass is 31.1. The lowest BCUT2D eigenvalue weighted by molar-refractivity contribution is -0.167. The fraction of sp³-hybridized carbons (Fsp3) is 0.200. The van der Waals surface area contributed by atoms with E-state index >= 15 is 0 Å². The van der Waals surface area contributed by atoms with Gasteiger partial charge < -0.3 is 4.89 Å². The Morgan fingerprint density at radius 3 is 2.64 bits per heavy atom. The Balaban J connectivity index is 2.78. The van der Waals surface area contributed by atoms with Crippen molar-refractivity contribution in [3.8, 4) is 0 Å². The standard InChI is InChI=1S/C10H12NO2P/c1-2-8-11-10(14(12)13)9-6-4-3-5-7-9/h2-7,10-11H,1,8H2. The number of benzene rings is 1. The topological polar surface area (TPSA) is 52.2 Å². The van der Waals surface area contributed by atoms with Gasteiger partial charge in [0.1, 0.15) is 0 Å². The van der Waals surface area contributed by atoms with Gasteiger partial charge in [-0.1, -0.05) is 41.0 Å². The average molecular weight is 209 g/mol. The van der Waals surface area contributed by atoms with Crippen LogP contribution in [0.4, 0.5) is 0 Å². The molecule has 4 heteroatoms. The Morgan fingerprint density at radius 1 is 1.50 bits per heavy atom. The minimum atomic E-state index is -2.51. The molecule has 0 saturated heterocycles. The van der Waals surface area contributed by atoms with E-state index in [0.717, 1.165) is 5.56 Å². The third-order valence-electron chi connectivity index (χ3n) is 1.78. The molecule has 0 aliphatic heterocycles. The summed E-state index contributed by atoms with van der Waals surface area (Å²) in [5.41, 5.74) is 0.755. The number of hydrogen-bond acceptors (Lipinski definition) is 3. The summed E-state index contributed by atoms with van der Waals surface area (Å²) in [6.45, 7) is 4.00. The average Bonchev–Trinajstić information content (AvgIpc) is 2.19. The van der Waals surface area contributed by atoms with E-state index in [1.54, 1.807) is 18.2 Å². The first kappa shape index (κ1) is 11.1. The van der Waals surface area contributed by atoms with Gasteiger partial charge in [0.05, 0.1) is 0 Å². The van der Waals surface area contributed by atoms with Gasteiger partial charge in [-0.05, 0) is 0 Å². The predicted octanol–water partition coefficient (Wildman–Crippen LogP) is 1.56. The minimum Gasteiger partial charge on any atom is -0.594 e. The maximum Gasteiger partial charge on any atom is 0.333 e. The Kier molecular flexibility index (Phi) is 4.47. The Morgan fingerprint density at radius 2 is 2.14 bits per heavy atom. The lowest BCUT2D eigenvalue weighted by atomic mass is 10.2. The molecule has 2 unspecified atom stereocenters. The lowest BCUT2D eigenvalue weighted by Gasteiger charge is -2.09. The zero-order chi connectivity index (χ0) is 10.4. The second-order valence-electron chi connectivity index (χ2n) is 2.80. The minimum absolute atomic E-state index is 0.475. The molecule has 0 aromatic heterocycles. The van der Waals surface area contributed by atoms with Crippen molar-refractivity contribution in [1.82, 2.24) is 5.32 Å². The van der Waals surface area contributed by atoms with Crippen LogP contribution in [0.15, 0.2) is 43.0 Å². The first-order valence-corrected chi connectivity index (χ1v) is 5.53. The molecule has 0 aliphatic carbocycles. The molecule has 1 aromatic carbocycles. The Labute approximate surface area is 84.3 Å². The molecule has 1 N–H and O–H groups in total. The second kappa shape index (κ2) is 5.66. The van der Waals surface area contributed by atoms with Gasteiger partial charge in [0.2, 0.25) is 5.78 Å². The van der Waals surface area contributed by atoms with E-state index in [2.05, 4.69) is 11.9 Å². The van der Waals surface area contributed by atoms with Crippen molar-refractivity contribution in [2.45, 2.75) is 5.78 Å². The van der Waals surface area contributed by atoms with Crippen LogP contribution in [0, 0.1) is 0 Å². The van der Waals surface area contributed by atoms with Crippen LogP contribution in [0.25, 0.3) is 0 Å². The highest BCUT2D eigenvalue weighted by Crippen LogP contribution is 2.31. The molecular formula is C10H12NO2P. The van der Waals surface area contributed by atoms with E-state index in [-0.39, 0.29) is 0 Å². The van der Waals surface area contributed by atoms with Crippen molar-refractivity contribution in [2.75, 3.05) is 6.54 Å². The highest BCUT2D eigenvalue weighted by Gasteiger charge is 2.21. The lowest BCUT2D eigenvalue weighted by Crippen LogP contribution is -2.20. The van der Waals surface area contributed by atoms with Crippen LogP contribution in [0.1, 0.15) is 11.3 Å². The summed E-state index contributed by atoms with van der Waals surface area (Å²) in [7, 11) is -2.51. The molecule has 74 valence electrons. The van der Waals surface area contributed by atoms with Crippen molar-refractivity contribution in [3.05, 3.63) is 48.6 Å². The van der Waals surface area contributed by atoms with Gasteiger partial charge >= 0.3 is 8.03 Å². The maximum absolute atomic E-state index is 10.9. The quantitative estimate of drug-likeness (QED) is 0.591. The third kappa shape index (κ3) is 3.04. The van der Waals surface area contributed by atoms with Gasteiger partial charge in [0.25, 0.3) is 0 Å². The molecular weight excluding hydrogens is 197 g/mol. The van der Waals surface area contributed by atoms with Crippen LogP contribution in [-0.4, -0.2) is 6.54 Å². The molecule has 3 nitrogen and oxygen atoms in total. The monoisotopic (exact) mass is 209 g/mol. The fourth-order valence-electron chi connectivity index (χ4n) is 1.14. The summed E-state index contributed by atoms with van der Waals surface area (Å²) >= 11 is 0. The number of nitrogens with one attached hydrogen (secondary N) is 1. The van der Waals surface area contributed by atoms with Gasteiger partial charge in [-0.25, -0.2) is 0 Å². The van der Waals surface area contributed by atoms with Crippen molar-refractivity contribution in [3.63, 3.8) is 0 Å². The first-order valence-electron chi connectivity index (χ1n) is 4.28. The van der Waals surface area contributed by atoms with Gasteiger partial charge in [0, 0.05) is 12.1 Å². The van der Waals surface area contributed by atoms with E-state index in [0.29, 0.717) is 6.54 Å². The summed E-state index contributed by atoms with van der Waals surface area (Å²) < 4.78 is 10.9. The van der Waals surface area contributed by atoms with E-state index in [1.165, 1.54) is 0 Å². The summed E-state index contributed by atoms with van der Waals surface area (Å²) in [4.78, 5) is 10.9. The molecule has 0 saturated carbocycles. The second-order valence-corrected chi connectivity index (χ2v) is 3.88. The van der Waals surface area contributed by atoms with Gasteiger partial charge in [-0.15, -0.1) is 6.58 Å². The molecule has 0 fully saturated rings. The molecule has 0 radical (unpaired) electrons. The van der Waals surface area contributed by atoms with Crippen LogP contribution < -0.4 is 10.2 Å². The fourth-order valence-corrected chi connectivity index (χ4v) is 1.81. The molecule has 2 atom stereocenters. The normalized spacial score (nSPS) is 13.4. The molecule has 0 bridgehead atoms. The van der Waals surface area contributed by atoms with Gasteiger partial charge in [0.15, 0.2) is 0 Å². The summed E-state index contributed by atoms with van der Waals surface area (Å²) in [6.07, 6.45) is 1.63. The van der Waals surface area contributed by atoms with Crippen molar-refractivity contribution in [2.24, 2.45) is 0 Å². The SMILES string of the molecule is C=CCNC(c1ccccc1)[P+](=O)[O-]. The van der Waals surface area contributed by atoms with Crippen LogP contribution in [0.3, 0.4) is 0 Å². The highest BCUT2D eigenvalue weighted by molar-refractivity contribution is 7.36. The van der Waals surface area contributed by atoms with Crippen LogP contribution in [0.2, 0.25) is 0 Å². The van der Waals surface area contributed by atoms with E-state index in [4.69, 9.17) is 0 Å². The number of rotatable bonds is 5. The van der Waals surface area contributed by atoms with Crippen molar-refractivity contribution < 1.29 is 9.46 Å². The van der Waals surface area contributed by atoms with E-state index < -0.39 is 13.8 Å². The van der Waals surface area contributed by atoms with Gasteiger partial charge in [-0.3, -0.25) is 5.32 Å². The summed E-state index contributed by atoms with van der Waals surface area (Å²) in [6, 6.07) is 9.05. The smallest absolute Gasteiger partial charge is 0.333 e. The van der Waals surface area contributed by atoms with Crippen LogP contribution in [-0.2, 0) is 4.57 Å². The molecule has 1 rings (SSSR count). The van der Waals surface area contributed by atoms with Crippen molar-refractivity contribution in [1.29, 1.82) is 0 Å². The zero-order valence-corrected chi connectivity index (χ0v) is 8.61. The third-order valence-corrected chi connectivity index (χ3v) is 2.68. The largest absolute Gasteiger partial charge is 0.594 e. The van der Waals surface area contributed by atoms with Crippen LogP contribution >= 0.6 is 8.03 Å². The predicted molar refractivity (Wildman–Crippen MR) is 55.0 cm³/mol. The zero-order valence-electron chi connectivity index (χ0n) is 7.72. The molecule has 0 amide bonds.